The number of nitrogens with zero attached hydrogens (tertiary/aromatic N) is 5. The Morgan fingerprint density at radius 3 is 2.86 bits per heavy atom. The van der Waals surface area contributed by atoms with E-state index in [4.69, 9.17) is 4.74 Å². The number of fused-ring (bicyclic) bond motifs is 3. The lowest BCUT2D eigenvalue weighted by molar-refractivity contribution is -0.113. The molecule has 3 aromatic heterocycles. The molecule has 8 nitrogen and oxygen atoms in total. The molecule has 1 amide bonds. The highest BCUT2D eigenvalue weighted by molar-refractivity contribution is 7.99. The van der Waals surface area contributed by atoms with Crippen LogP contribution in [0.4, 0.5) is 5.13 Å². The van der Waals surface area contributed by atoms with Gasteiger partial charge < -0.3 is 4.74 Å². The third-order valence-electron chi connectivity index (χ3n) is 4.18. The lowest BCUT2D eigenvalue weighted by Crippen LogP contribution is -2.14. The van der Waals surface area contributed by atoms with Crippen molar-refractivity contribution in [3.8, 4) is 5.75 Å². The topological polar surface area (TPSA) is 94.3 Å². The minimum Gasteiger partial charge on any atom is -0.497 e. The van der Waals surface area contributed by atoms with Crippen LogP contribution in [0.25, 0.3) is 16.6 Å². The largest absolute Gasteiger partial charge is 0.497 e. The van der Waals surface area contributed by atoms with Crippen LogP contribution < -0.4 is 10.1 Å². The third kappa shape index (κ3) is 3.52. The zero-order valence-corrected chi connectivity index (χ0v) is 17.2. The van der Waals surface area contributed by atoms with Gasteiger partial charge in [-0.2, -0.15) is 0 Å². The first-order chi connectivity index (χ1) is 13.6. The Morgan fingerprint density at radius 2 is 2.11 bits per heavy atom. The summed E-state index contributed by atoms with van der Waals surface area (Å²) in [6.07, 6.45) is 0.797. The number of hydrogen-bond acceptors (Lipinski definition) is 8. The maximum Gasteiger partial charge on any atom is 0.236 e. The molecule has 0 aliphatic rings. The van der Waals surface area contributed by atoms with Gasteiger partial charge in [-0.25, -0.2) is 0 Å². The first kappa shape index (κ1) is 18.6. The van der Waals surface area contributed by atoms with Crippen LogP contribution in [0.5, 0.6) is 5.75 Å². The first-order valence-electron chi connectivity index (χ1n) is 8.66. The number of aryl methyl sites for hydroxylation is 2. The fraction of sp³-hybridized carbons (Fsp3) is 0.278. The van der Waals surface area contributed by atoms with Crippen molar-refractivity contribution in [1.82, 2.24) is 24.8 Å². The molecule has 0 fully saturated rings. The molecule has 28 heavy (non-hydrogen) atoms. The average Bonchev–Trinajstić information content (AvgIpc) is 3.33. The van der Waals surface area contributed by atoms with E-state index >= 15 is 0 Å². The molecule has 0 saturated carbocycles. The van der Waals surface area contributed by atoms with Crippen molar-refractivity contribution in [2.75, 3.05) is 18.2 Å². The Morgan fingerprint density at radius 1 is 1.25 bits per heavy atom. The van der Waals surface area contributed by atoms with Crippen molar-refractivity contribution in [2.45, 2.75) is 25.4 Å². The molecule has 4 rings (SSSR count). The quantitative estimate of drug-likeness (QED) is 0.484. The summed E-state index contributed by atoms with van der Waals surface area (Å²) in [4.78, 5) is 12.3. The lowest BCUT2D eigenvalue weighted by atomic mass is 10.1. The summed E-state index contributed by atoms with van der Waals surface area (Å²) in [5, 5.41) is 22.4. The molecular formula is C18H18N6O2S2. The van der Waals surface area contributed by atoms with Crippen molar-refractivity contribution < 1.29 is 9.53 Å². The Hall–Kier alpha value is -2.72. The number of pyridine rings is 1. The van der Waals surface area contributed by atoms with Crippen LogP contribution in [0.1, 0.15) is 17.5 Å². The van der Waals surface area contributed by atoms with E-state index in [1.807, 2.05) is 36.4 Å². The molecule has 0 aliphatic heterocycles. The van der Waals surface area contributed by atoms with Gasteiger partial charge in [0.15, 0.2) is 10.8 Å². The first-order valence-corrected chi connectivity index (χ1v) is 10.5. The van der Waals surface area contributed by atoms with Gasteiger partial charge in [-0.1, -0.05) is 30.0 Å². The predicted molar refractivity (Wildman–Crippen MR) is 110 cm³/mol. The van der Waals surface area contributed by atoms with Gasteiger partial charge in [-0.05, 0) is 43.2 Å². The van der Waals surface area contributed by atoms with E-state index in [9.17, 15) is 4.79 Å². The molecule has 0 radical (unpaired) electrons. The summed E-state index contributed by atoms with van der Waals surface area (Å²) in [6, 6.07) is 7.91. The van der Waals surface area contributed by atoms with Gasteiger partial charge in [0.05, 0.1) is 18.4 Å². The molecule has 0 saturated heterocycles. The normalized spacial score (nSPS) is 11.2. The van der Waals surface area contributed by atoms with E-state index in [1.165, 1.54) is 23.1 Å². The molecule has 0 bridgehead atoms. The number of hydrogen-bond donors (Lipinski definition) is 1. The molecule has 4 aromatic rings. The monoisotopic (exact) mass is 414 g/mol. The lowest BCUT2D eigenvalue weighted by Gasteiger charge is -2.08. The number of carbonyl (C=O) groups is 1. The summed E-state index contributed by atoms with van der Waals surface area (Å²) >= 11 is 2.72. The Kier molecular flexibility index (Phi) is 5.14. The molecule has 0 atom stereocenters. The van der Waals surface area contributed by atoms with Crippen molar-refractivity contribution in [3.63, 3.8) is 0 Å². The summed E-state index contributed by atoms with van der Waals surface area (Å²) in [7, 11) is 1.65. The van der Waals surface area contributed by atoms with Crippen LogP contribution in [-0.4, -0.2) is 43.6 Å². The molecule has 1 N–H and O–H groups in total. The second-order valence-electron chi connectivity index (χ2n) is 6.09. The molecule has 3 heterocycles. The number of ether oxygens (including phenoxy) is 1. The van der Waals surface area contributed by atoms with Gasteiger partial charge in [-0.3, -0.25) is 14.5 Å². The fourth-order valence-corrected chi connectivity index (χ4v) is 4.29. The van der Waals surface area contributed by atoms with E-state index in [-0.39, 0.29) is 11.7 Å². The Bertz CT molecular complexity index is 1170. The summed E-state index contributed by atoms with van der Waals surface area (Å²) in [5.41, 5.74) is 2.74. The van der Waals surface area contributed by atoms with Crippen LogP contribution in [-0.2, 0) is 11.2 Å². The van der Waals surface area contributed by atoms with Gasteiger partial charge in [0.2, 0.25) is 11.0 Å². The molecular weight excluding hydrogens is 396 g/mol. The maximum absolute atomic E-state index is 12.3. The minimum absolute atomic E-state index is 0.154. The highest BCUT2D eigenvalue weighted by Crippen LogP contribution is 2.28. The second kappa shape index (κ2) is 7.72. The number of aromatic nitrogens is 5. The van der Waals surface area contributed by atoms with Gasteiger partial charge in [0, 0.05) is 5.39 Å². The van der Waals surface area contributed by atoms with Crippen molar-refractivity contribution in [3.05, 3.63) is 34.8 Å². The van der Waals surface area contributed by atoms with E-state index in [0.29, 0.717) is 10.3 Å². The Balaban J connectivity index is 1.59. The van der Waals surface area contributed by atoms with Crippen LogP contribution in [0, 0.1) is 6.92 Å². The summed E-state index contributed by atoms with van der Waals surface area (Å²) < 4.78 is 7.30. The number of carbonyl (C=O) groups excluding carboxylic acids is 1. The van der Waals surface area contributed by atoms with E-state index in [2.05, 4.69) is 31.8 Å². The molecule has 144 valence electrons. The van der Waals surface area contributed by atoms with Crippen LogP contribution >= 0.6 is 23.1 Å². The number of anilines is 1. The van der Waals surface area contributed by atoms with Gasteiger partial charge in [-0.15, -0.1) is 20.4 Å². The molecule has 10 heteroatoms. The smallest absolute Gasteiger partial charge is 0.236 e. The van der Waals surface area contributed by atoms with Crippen molar-refractivity contribution in [1.29, 1.82) is 0 Å². The standard InChI is InChI=1S/C18H18N6O2S2/c1-4-15-20-22-17(28-15)19-14(25)9-27-18-23-21-16-10(2)7-11-8-12(26-3)5-6-13(11)24(16)18/h5-8H,4,9H2,1-3H3,(H,19,22,25). The summed E-state index contributed by atoms with van der Waals surface area (Å²) in [5.74, 6) is 0.837. The number of amides is 1. The summed E-state index contributed by atoms with van der Waals surface area (Å²) in [6.45, 7) is 3.99. The third-order valence-corrected chi connectivity index (χ3v) is 6.09. The predicted octanol–water partition coefficient (Wildman–Crippen LogP) is 3.34. The highest BCUT2D eigenvalue weighted by Gasteiger charge is 2.15. The second-order valence-corrected chi connectivity index (χ2v) is 8.09. The number of benzene rings is 1. The van der Waals surface area contributed by atoms with Crippen LogP contribution in [0.2, 0.25) is 0 Å². The van der Waals surface area contributed by atoms with E-state index < -0.39 is 0 Å². The van der Waals surface area contributed by atoms with Gasteiger partial charge >= 0.3 is 0 Å². The molecule has 0 unspecified atom stereocenters. The molecule has 0 aliphatic carbocycles. The van der Waals surface area contributed by atoms with Gasteiger partial charge in [0.1, 0.15) is 10.8 Å². The number of methoxy groups -OCH3 is 1. The zero-order valence-electron chi connectivity index (χ0n) is 15.6. The molecule has 1 aromatic carbocycles. The average molecular weight is 415 g/mol. The van der Waals surface area contributed by atoms with E-state index in [1.54, 1.807) is 7.11 Å². The minimum atomic E-state index is -0.154. The van der Waals surface area contributed by atoms with E-state index in [0.717, 1.165) is 39.3 Å². The van der Waals surface area contributed by atoms with Crippen LogP contribution in [0.3, 0.4) is 0 Å². The maximum atomic E-state index is 12.3. The molecule has 0 spiro atoms. The zero-order chi connectivity index (χ0) is 19.7. The van der Waals surface area contributed by atoms with Gasteiger partial charge in [0.25, 0.3) is 0 Å². The number of rotatable bonds is 6. The highest BCUT2D eigenvalue weighted by atomic mass is 32.2. The van der Waals surface area contributed by atoms with Crippen molar-refractivity contribution >= 4 is 50.7 Å². The number of thioether (sulfide) groups is 1. The number of nitrogens with one attached hydrogen (secondary N) is 1. The fourth-order valence-electron chi connectivity index (χ4n) is 2.85. The SMILES string of the molecule is CCc1nnc(NC(=O)CSc2nnc3c(C)cc4cc(OC)ccc4n23)s1. The Labute approximate surface area is 169 Å². The van der Waals surface area contributed by atoms with Crippen molar-refractivity contribution in [2.24, 2.45) is 0 Å². The van der Waals surface area contributed by atoms with Crippen LogP contribution in [0.15, 0.2) is 29.4 Å².